The van der Waals surface area contributed by atoms with Gasteiger partial charge in [0.1, 0.15) is 5.76 Å². The van der Waals surface area contributed by atoms with Crippen molar-refractivity contribution in [2.45, 2.75) is 31.9 Å². The molecular weight excluding hydrogens is 380 g/mol. The molecule has 0 unspecified atom stereocenters. The number of rotatable bonds is 7. The van der Waals surface area contributed by atoms with Crippen LogP contribution in [-0.4, -0.2) is 40.4 Å². The predicted octanol–water partition coefficient (Wildman–Crippen LogP) is 2.81. The van der Waals surface area contributed by atoms with Gasteiger partial charge in [0, 0.05) is 30.4 Å². The highest BCUT2D eigenvalue weighted by Crippen LogP contribution is 2.23. The average Bonchev–Trinajstić information content (AvgIpc) is 3.28. The molecule has 148 valence electrons. The number of carbonyl (C=O) groups is 3. The minimum atomic E-state index is -0.425. The lowest BCUT2D eigenvalue weighted by Crippen LogP contribution is -2.25. The van der Waals surface area contributed by atoms with Crippen LogP contribution in [0.1, 0.15) is 25.5 Å². The highest BCUT2D eigenvalue weighted by atomic mass is 32.2. The second kappa shape index (κ2) is 8.92. The van der Waals surface area contributed by atoms with Crippen LogP contribution >= 0.6 is 11.8 Å². The molecule has 1 fully saturated rings. The third kappa shape index (κ3) is 5.13. The van der Waals surface area contributed by atoms with E-state index in [0.717, 1.165) is 18.7 Å². The fourth-order valence-corrected chi connectivity index (χ4v) is 3.46. The number of hydrogen-bond donors (Lipinski definition) is 2. The van der Waals surface area contributed by atoms with Crippen molar-refractivity contribution < 1.29 is 18.9 Å². The monoisotopic (exact) mass is 402 g/mol. The second-order valence-electron chi connectivity index (χ2n) is 6.51. The van der Waals surface area contributed by atoms with Crippen LogP contribution in [0.5, 0.6) is 0 Å². The van der Waals surface area contributed by atoms with E-state index in [1.54, 1.807) is 36.9 Å². The molecule has 0 aliphatic carbocycles. The molecular formula is C19H22N4O4S. The van der Waals surface area contributed by atoms with Crippen molar-refractivity contribution in [3.8, 4) is 0 Å². The van der Waals surface area contributed by atoms with Crippen molar-refractivity contribution in [2.75, 3.05) is 27.8 Å². The molecule has 1 aromatic heterocycles. The average molecular weight is 402 g/mol. The lowest BCUT2D eigenvalue weighted by atomic mass is 10.2. The van der Waals surface area contributed by atoms with Gasteiger partial charge in [-0.25, -0.2) is 0 Å². The standard InChI is InChI=1S/C19H22N4O4S/c1-12-10-16(22-27-12)21-19(26)13(2)28-11-17(24)20-14-5-7-15(8-6-14)23-9-3-4-18(23)25/h5-8,10,13H,3-4,9,11H2,1-2H3,(H,20,24)(H,21,22,26)/t13-/m0/s1. The van der Waals surface area contributed by atoms with Crippen molar-refractivity contribution >= 4 is 46.7 Å². The van der Waals surface area contributed by atoms with Crippen molar-refractivity contribution in [1.29, 1.82) is 0 Å². The van der Waals surface area contributed by atoms with Gasteiger partial charge in [-0.15, -0.1) is 11.8 Å². The third-order valence-corrected chi connectivity index (χ3v) is 5.39. The number of amides is 3. The summed E-state index contributed by atoms with van der Waals surface area (Å²) < 4.78 is 4.90. The molecule has 2 heterocycles. The number of aromatic nitrogens is 1. The summed E-state index contributed by atoms with van der Waals surface area (Å²) in [6, 6.07) is 8.81. The number of anilines is 3. The molecule has 2 N–H and O–H groups in total. The van der Waals surface area contributed by atoms with E-state index in [1.807, 2.05) is 12.1 Å². The van der Waals surface area contributed by atoms with Gasteiger partial charge in [0.25, 0.3) is 0 Å². The summed E-state index contributed by atoms with van der Waals surface area (Å²) in [6.45, 7) is 4.19. The second-order valence-corrected chi connectivity index (χ2v) is 7.84. The zero-order valence-electron chi connectivity index (χ0n) is 15.7. The van der Waals surface area contributed by atoms with Gasteiger partial charge < -0.3 is 20.1 Å². The van der Waals surface area contributed by atoms with Crippen LogP contribution in [0.4, 0.5) is 17.2 Å². The number of aryl methyl sites for hydroxylation is 1. The van der Waals surface area contributed by atoms with Gasteiger partial charge in [0.2, 0.25) is 17.7 Å². The maximum absolute atomic E-state index is 12.1. The van der Waals surface area contributed by atoms with Gasteiger partial charge in [-0.3, -0.25) is 14.4 Å². The van der Waals surface area contributed by atoms with Crippen LogP contribution in [0, 0.1) is 6.92 Å². The van der Waals surface area contributed by atoms with E-state index in [-0.39, 0.29) is 23.5 Å². The van der Waals surface area contributed by atoms with Gasteiger partial charge in [0.15, 0.2) is 5.82 Å². The minimum absolute atomic E-state index is 0.126. The van der Waals surface area contributed by atoms with E-state index >= 15 is 0 Å². The normalized spacial score (nSPS) is 14.8. The number of nitrogens with zero attached hydrogens (tertiary/aromatic N) is 2. The first-order chi connectivity index (χ1) is 13.4. The Morgan fingerprint density at radius 3 is 2.64 bits per heavy atom. The highest BCUT2D eigenvalue weighted by Gasteiger charge is 2.21. The molecule has 0 spiro atoms. The summed E-state index contributed by atoms with van der Waals surface area (Å²) in [5.74, 6) is 0.781. The molecule has 1 saturated heterocycles. The Bertz CT molecular complexity index is 865. The fraction of sp³-hybridized carbons (Fsp3) is 0.368. The molecule has 1 aliphatic heterocycles. The van der Waals surface area contributed by atoms with Gasteiger partial charge in [-0.1, -0.05) is 5.16 Å². The third-order valence-electron chi connectivity index (χ3n) is 4.25. The summed E-state index contributed by atoms with van der Waals surface area (Å²) in [7, 11) is 0. The molecule has 8 nitrogen and oxygen atoms in total. The smallest absolute Gasteiger partial charge is 0.238 e. The Morgan fingerprint density at radius 1 is 1.29 bits per heavy atom. The topological polar surface area (TPSA) is 105 Å². The summed E-state index contributed by atoms with van der Waals surface area (Å²) in [5.41, 5.74) is 1.49. The molecule has 1 aromatic carbocycles. The SMILES string of the molecule is Cc1cc(NC(=O)[C@H](C)SCC(=O)Nc2ccc(N3CCCC3=O)cc2)no1. The van der Waals surface area contributed by atoms with E-state index < -0.39 is 5.25 Å². The quantitative estimate of drug-likeness (QED) is 0.738. The van der Waals surface area contributed by atoms with Crippen molar-refractivity contribution in [2.24, 2.45) is 0 Å². The molecule has 1 atom stereocenters. The summed E-state index contributed by atoms with van der Waals surface area (Å²) in [6.07, 6.45) is 1.45. The first-order valence-electron chi connectivity index (χ1n) is 8.98. The van der Waals surface area contributed by atoms with Crippen LogP contribution in [0.2, 0.25) is 0 Å². The molecule has 3 rings (SSSR count). The first-order valence-corrected chi connectivity index (χ1v) is 10.0. The fourth-order valence-electron chi connectivity index (χ4n) is 2.77. The number of benzene rings is 1. The van der Waals surface area contributed by atoms with E-state index in [4.69, 9.17) is 4.52 Å². The van der Waals surface area contributed by atoms with Crippen LogP contribution in [0.3, 0.4) is 0 Å². The number of carbonyl (C=O) groups excluding carboxylic acids is 3. The van der Waals surface area contributed by atoms with Crippen LogP contribution in [0.15, 0.2) is 34.9 Å². The van der Waals surface area contributed by atoms with Crippen LogP contribution in [0.25, 0.3) is 0 Å². The molecule has 0 radical (unpaired) electrons. The molecule has 28 heavy (non-hydrogen) atoms. The summed E-state index contributed by atoms with van der Waals surface area (Å²) >= 11 is 1.23. The summed E-state index contributed by atoms with van der Waals surface area (Å²) in [4.78, 5) is 37.8. The van der Waals surface area contributed by atoms with Gasteiger partial charge >= 0.3 is 0 Å². The maximum atomic E-state index is 12.1. The maximum Gasteiger partial charge on any atom is 0.238 e. The molecule has 0 bridgehead atoms. The van der Waals surface area contributed by atoms with Gasteiger partial charge in [-0.2, -0.15) is 0 Å². The van der Waals surface area contributed by atoms with Crippen molar-refractivity contribution in [3.63, 3.8) is 0 Å². The van der Waals surface area contributed by atoms with Crippen molar-refractivity contribution in [1.82, 2.24) is 5.16 Å². The van der Waals surface area contributed by atoms with E-state index in [2.05, 4.69) is 15.8 Å². The van der Waals surface area contributed by atoms with Crippen LogP contribution in [-0.2, 0) is 14.4 Å². The molecule has 1 aliphatic rings. The van der Waals surface area contributed by atoms with Crippen LogP contribution < -0.4 is 15.5 Å². The largest absolute Gasteiger partial charge is 0.360 e. The predicted molar refractivity (Wildman–Crippen MR) is 108 cm³/mol. The van der Waals surface area contributed by atoms with E-state index in [1.165, 1.54) is 11.8 Å². The van der Waals surface area contributed by atoms with Gasteiger partial charge in [0.05, 0.1) is 11.0 Å². The molecule has 3 amide bonds. The zero-order chi connectivity index (χ0) is 20.1. The Kier molecular flexibility index (Phi) is 6.35. The number of hydrogen-bond acceptors (Lipinski definition) is 6. The van der Waals surface area contributed by atoms with E-state index in [9.17, 15) is 14.4 Å². The number of thioether (sulfide) groups is 1. The molecule has 0 saturated carbocycles. The Balaban J connectivity index is 1.44. The highest BCUT2D eigenvalue weighted by molar-refractivity contribution is 8.01. The Morgan fingerprint density at radius 2 is 2.04 bits per heavy atom. The van der Waals surface area contributed by atoms with Gasteiger partial charge in [-0.05, 0) is 44.5 Å². The Hall–Kier alpha value is -2.81. The number of nitrogens with one attached hydrogen (secondary N) is 2. The molecule has 9 heteroatoms. The molecule has 2 aromatic rings. The Labute approximate surface area is 167 Å². The summed E-state index contributed by atoms with van der Waals surface area (Å²) in [5, 5.41) is 8.72. The lowest BCUT2D eigenvalue weighted by molar-refractivity contribution is -0.117. The van der Waals surface area contributed by atoms with E-state index in [0.29, 0.717) is 23.7 Å². The minimum Gasteiger partial charge on any atom is -0.360 e. The lowest BCUT2D eigenvalue weighted by Gasteiger charge is -2.16. The zero-order valence-corrected chi connectivity index (χ0v) is 16.5. The van der Waals surface area contributed by atoms with Crippen molar-refractivity contribution in [3.05, 3.63) is 36.1 Å². The first kappa shape index (κ1) is 19.9.